The highest BCUT2D eigenvalue weighted by molar-refractivity contribution is 6.12. The van der Waals surface area contributed by atoms with E-state index < -0.39 is 60.4 Å². The van der Waals surface area contributed by atoms with Gasteiger partial charge in [0.2, 0.25) is 0 Å². The van der Waals surface area contributed by atoms with E-state index in [0.717, 1.165) is 88.4 Å². The van der Waals surface area contributed by atoms with Crippen LogP contribution in [0, 0.1) is 0 Å². The predicted molar refractivity (Wildman–Crippen MR) is 266 cm³/mol. The summed E-state index contributed by atoms with van der Waals surface area (Å²) < 4.78 is 91.1. The van der Waals surface area contributed by atoms with Crippen LogP contribution in [0.1, 0.15) is 13.7 Å². The minimum Gasteiger partial charge on any atom is -0.311 e. The fourth-order valence-electron chi connectivity index (χ4n) is 9.03. The van der Waals surface area contributed by atoms with Crippen LogP contribution in [0.25, 0.3) is 88.4 Å². The summed E-state index contributed by atoms with van der Waals surface area (Å²) in [5, 5.41) is 4.45. The molecule has 0 atom stereocenters. The number of hydrogen-bond acceptors (Lipinski definition) is 1. The average Bonchev–Trinajstić information content (AvgIpc) is 3.95. The van der Waals surface area contributed by atoms with Gasteiger partial charge in [0.25, 0.3) is 0 Å². The molecule has 0 unspecified atom stereocenters. The Hall–Kier alpha value is -8.40. The van der Waals surface area contributed by atoms with Crippen molar-refractivity contribution in [3.05, 3.63) is 248 Å². The molecule has 0 bridgehead atoms. The molecule has 3 heteroatoms. The van der Waals surface area contributed by atoms with Gasteiger partial charge < -0.3 is 14.0 Å². The molecule has 0 aliphatic heterocycles. The molecular weight excluding hydrogens is 763 g/mol. The van der Waals surface area contributed by atoms with E-state index in [4.69, 9.17) is 13.7 Å². The third-order valence-electron chi connectivity index (χ3n) is 11.9. The number of aromatic nitrogens is 2. The van der Waals surface area contributed by atoms with E-state index in [9.17, 15) is 0 Å². The summed E-state index contributed by atoms with van der Waals surface area (Å²) in [4.78, 5) is 1.17. The van der Waals surface area contributed by atoms with Crippen molar-refractivity contribution in [3.63, 3.8) is 0 Å². The molecule has 0 spiro atoms. The van der Waals surface area contributed by atoms with Crippen molar-refractivity contribution in [2.45, 2.75) is 0 Å². The van der Waals surface area contributed by atoms with Gasteiger partial charge in [-0.3, -0.25) is 0 Å². The molecule has 63 heavy (non-hydrogen) atoms. The average molecular weight is 814 g/mol. The first-order valence-corrected chi connectivity index (χ1v) is 20.8. The molecule has 12 rings (SSSR count). The second kappa shape index (κ2) is 15.3. The largest absolute Gasteiger partial charge is 0.311 e. The highest BCUT2D eigenvalue weighted by atomic mass is 15.1. The Morgan fingerprint density at radius 2 is 0.667 bits per heavy atom. The summed E-state index contributed by atoms with van der Waals surface area (Å²) in [7, 11) is 0. The fraction of sp³-hybridized carbons (Fsp3) is 0. The van der Waals surface area contributed by atoms with Crippen LogP contribution in [0.2, 0.25) is 0 Å². The molecule has 0 saturated heterocycles. The summed E-state index contributed by atoms with van der Waals surface area (Å²) in [5.74, 6) is 0. The Labute approximate surface area is 380 Å². The third kappa shape index (κ3) is 6.38. The molecule has 12 aromatic rings. The number of rotatable bonds is 8. The van der Waals surface area contributed by atoms with E-state index >= 15 is 0 Å². The van der Waals surface area contributed by atoms with Crippen molar-refractivity contribution in [3.8, 4) is 44.8 Å². The monoisotopic (exact) mass is 813 g/mol. The van der Waals surface area contributed by atoms with Crippen molar-refractivity contribution in [1.29, 1.82) is 0 Å². The summed E-state index contributed by atoms with van der Waals surface area (Å²) >= 11 is 0. The molecule has 0 saturated carbocycles. The zero-order valence-electron chi connectivity index (χ0n) is 43.7. The zero-order valence-corrected chi connectivity index (χ0v) is 33.7. The summed E-state index contributed by atoms with van der Waals surface area (Å²) in [6.45, 7) is 0. The maximum Gasteiger partial charge on any atom is 0.0645 e. The van der Waals surface area contributed by atoms with Gasteiger partial charge in [0.1, 0.15) is 0 Å². The van der Waals surface area contributed by atoms with Gasteiger partial charge in [-0.2, -0.15) is 0 Å². The molecule has 0 N–H and O–H groups in total. The molecule has 0 radical (unpaired) electrons. The smallest absolute Gasteiger partial charge is 0.0645 e. The molecular formula is C60H41N3. The molecule has 296 valence electrons. The number of benzene rings is 10. The SMILES string of the molecule is [2H]c1c([2H])c([2H])c(N(c2ccc(-c3cc(-c4ccc5c(c4)c4ccccc4n5-c4ccccc4)cc(-c4ccc5c(c4)c4ccccc4n5-c4ccccc4)c3)cc2)c2c([2H])c([2H])c([2H])c([2H])c2[2H])c([2H])c1[2H]. The molecule has 2 heterocycles. The Morgan fingerprint density at radius 3 is 1.13 bits per heavy atom. The minimum absolute atomic E-state index is 0.220. The second-order valence-electron chi connectivity index (χ2n) is 15.5. The van der Waals surface area contributed by atoms with Gasteiger partial charge in [0, 0.05) is 50.0 Å². The number of nitrogens with zero attached hydrogens (tertiary/aromatic N) is 3. The molecule has 3 nitrogen and oxygen atoms in total. The molecule has 0 aliphatic carbocycles. The number of anilines is 3. The molecule has 0 aliphatic rings. The lowest BCUT2D eigenvalue weighted by Gasteiger charge is -2.25. The first-order chi connectivity index (χ1) is 35.4. The first kappa shape index (κ1) is 27.4. The second-order valence-corrected chi connectivity index (χ2v) is 15.5. The van der Waals surface area contributed by atoms with E-state index in [1.807, 2.05) is 48.5 Å². The molecule has 10 aromatic carbocycles. The van der Waals surface area contributed by atoms with Gasteiger partial charge in [-0.1, -0.05) is 133 Å². The summed E-state index contributed by atoms with van der Waals surface area (Å²) in [6.07, 6.45) is 0. The lowest BCUT2D eigenvalue weighted by Crippen LogP contribution is -2.09. The highest BCUT2D eigenvalue weighted by Gasteiger charge is 2.18. The van der Waals surface area contributed by atoms with Crippen molar-refractivity contribution < 1.29 is 13.7 Å². The lowest BCUT2D eigenvalue weighted by molar-refractivity contribution is 1.18. The van der Waals surface area contributed by atoms with Gasteiger partial charge in [0.05, 0.1) is 35.8 Å². The fourth-order valence-corrected chi connectivity index (χ4v) is 9.03. The molecule has 2 aromatic heterocycles. The van der Waals surface area contributed by atoms with Crippen LogP contribution in [-0.4, -0.2) is 9.13 Å². The van der Waals surface area contributed by atoms with E-state index in [-0.39, 0.29) is 17.1 Å². The zero-order chi connectivity index (χ0) is 50.4. The number of fused-ring (bicyclic) bond motifs is 6. The maximum atomic E-state index is 8.95. The van der Waals surface area contributed by atoms with Crippen LogP contribution >= 0.6 is 0 Å². The van der Waals surface area contributed by atoms with E-state index in [1.165, 1.54) is 4.90 Å². The Morgan fingerprint density at radius 1 is 0.286 bits per heavy atom. The van der Waals surface area contributed by atoms with Crippen LogP contribution in [-0.2, 0) is 0 Å². The number of para-hydroxylation sites is 6. The van der Waals surface area contributed by atoms with Crippen LogP contribution < -0.4 is 4.90 Å². The molecule has 0 fully saturated rings. The van der Waals surface area contributed by atoms with Crippen LogP contribution in [0.3, 0.4) is 0 Å². The minimum atomic E-state index is -0.625. The van der Waals surface area contributed by atoms with Crippen LogP contribution in [0.5, 0.6) is 0 Å². The standard InChI is InChI=1S/C60H41N3/c1-5-17-48(18-6-1)61(49-19-7-2-8-20-49)52-33-29-42(30-34-52)45-37-46(43-31-35-59-55(40-43)53-25-13-15-27-57(53)62(59)50-21-9-3-10-22-50)39-47(38-45)44-32-36-60-56(41-44)54-26-14-16-28-58(54)63(60)51-23-11-4-12-24-51/h1-41H/i1D,2D,5D,6D,7D,8D,17D,18D,19D,20D. The number of hydrogen-bond donors (Lipinski definition) is 0. The summed E-state index contributed by atoms with van der Waals surface area (Å²) in [5.41, 5.74) is 11.5. The van der Waals surface area contributed by atoms with Crippen molar-refractivity contribution in [1.82, 2.24) is 9.13 Å². The topological polar surface area (TPSA) is 13.1 Å². The van der Waals surface area contributed by atoms with Crippen molar-refractivity contribution in [2.75, 3.05) is 4.90 Å². The Kier molecular flexibility index (Phi) is 6.65. The summed E-state index contributed by atoms with van der Waals surface area (Å²) in [6, 6.07) is 58.1. The Balaban J connectivity index is 1.06. The van der Waals surface area contributed by atoms with Crippen LogP contribution in [0.4, 0.5) is 17.1 Å². The third-order valence-corrected chi connectivity index (χ3v) is 11.9. The van der Waals surface area contributed by atoms with Gasteiger partial charge in [-0.05, 0) is 149 Å². The van der Waals surface area contributed by atoms with E-state index in [2.05, 4.69) is 137 Å². The molecule has 0 amide bonds. The predicted octanol–water partition coefficient (Wildman–Crippen LogP) is 16.4. The van der Waals surface area contributed by atoms with E-state index in [0.29, 0.717) is 0 Å². The van der Waals surface area contributed by atoms with Crippen molar-refractivity contribution in [2.24, 2.45) is 0 Å². The Bertz CT molecular complexity index is 3900. The van der Waals surface area contributed by atoms with Crippen LogP contribution in [0.15, 0.2) is 248 Å². The van der Waals surface area contributed by atoms with Gasteiger partial charge in [-0.25, -0.2) is 0 Å². The van der Waals surface area contributed by atoms with Gasteiger partial charge in [-0.15, -0.1) is 0 Å². The first-order valence-electron chi connectivity index (χ1n) is 25.8. The highest BCUT2D eigenvalue weighted by Crippen LogP contribution is 2.41. The maximum absolute atomic E-state index is 8.95. The lowest BCUT2D eigenvalue weighted by atomic mass is 9.92. The van der Waals surface area contributed by atoms with E-state index in [1.54, 1.807) is 12.1 Å². The quantitative estimate of drug-likeness (QED) is 0.149. The normalized spacial score (nSPS) is 13.7. The van der Waals surface area contributed by atoms with Crippen molar-refractivity contribution >= 4 is 60.7 Å². The van der Waals surface area contributed by atoms with Gasteiger partial charge >= 0.3 is 0 Å². The van der Waals surface area contributed by atoms with Gasteiger partial charge in [0.15, 0.2) is 0 Å².